The number of rotatable bonds is 3. The normalized spacial score (nSPS) is 15.2. The van der Waals surface area contributed by atoms with E-state index in [1.54, 1.807) is 13.1 Å². The summed E-state index contributed by atoms with van der Waals surface area (Å²) in [6, 6.07) is 1.63. The summed E-state index contributed by atoms with van der Waals surface area (Å²) in [5.74, 6) is 6.12. The van der Waals surface area contributed by atoms with Crippen LogP contribution in [0.15, 0.2) is 6.07 Å². The number of hydrogen-bond donors (Lipinski definition) is 2. The molecule has 0 bridgehead atoms. The molecule has 1 aromatic heterocycles. The topological polar surface area (TPSA) is 96.6 Å². The number of carbonyl (C=O) groups is 1. The van der Waals surface area contributed by atoms with Crippen LogP contribution >= 0.6 is 0 Å². The number of piperazine rings is 1. The standard InChI is InChI=1S/C11H18N6O2/c1-16(12)11-14-8(10(18)19-2)7-9(15-11)17-5-3-13-4-6-17/h7,13H,3-6,12H2,1-2H3. The molecule has 0 atom stereocenters. The molecular weight excluding hydrogens is 248 g/mol. The van der Waals surface area contributed by atoms with E-state index in [2.05, 4.69) is 20.2 Å². The average Bonchev–Trinajstić information content (AvgIpc) is 2.46. The molecule has 1 fully saturated rings. The zero-order valence-electron chi connectivity index (χ0n) is 11.1. The predicted molar refractivity (Wildman–Crippen MR) is 71.0 cm³/mol. The first kappa shape index (κ1) is 13.5. The molecule has 2 rings (SSSR count). The maximum Gasteiger partial charge on any atom is 0.356 e. The third kappa shape index (κ3) is 3.09. The highest BCUT2D eigenvalue weighted by molar-refractivity contribution is 5.88. The number of carbonyl (C=O) groups excluding carboxylic acids is 1. The highest BCUT2D eigenvalue weighted by Gasteiger charge is 2.18. The van der Waals surface area contributed by atoms with Crippen molar-refractivity contribution in [3.05, 3.63) is 11.8 Å². The van der Waals surface area contributed by atoms with Crippen LogP contribution in [0.4, 0.5) is 11.8 Å². The smallest absolute Gasteiger partial charge is 0.356 e. The van der Waals surface area contributed by atoms with Gasteiger partial charge in [-0.05, 0) is 0 Å². The van der Waals surface area contributed by atoms with Gasteiger partial charge >= 0.3 is 5.97 Å². The van der Waals surface area contributed by atoms with E-state index in [-0.39, 0.29) is 11.6 Å². The second-order valence-electron chi connectivity index (χ2n) is 4.25. The van der Waals surface area contributed by atoms with Gasteiger partial charge in [0.25, 0.3) is 0 Å². The molecule has 0 aliphatic carbocycles. The zero-order chi connectivity index (χ0) is 13.8. The van der Waals surface area contributed by atoms with Crippen molar-refractivity contribution in [2.75, 3.05) is 50.2 Å². The Morgan fingerprint density at radius 1 is 1.47 bits per heavy atom. The Morgan fingerprint density at radius 3 is 2.74 bits per heavy atom. The summed E-state index contributed by atoms with van der Waals surface area (Å²) in [6.07, 6.45) is 0. The lowest BCUT2D eigenvalue weighted by Gasteiger charge is -2.29. The molecule has 3 N–H and O–H groups in total. The Bertz CT molecular complexity index is 458. The van der Waals surface area contributed by atoms with Crippen molar-refractivity contribution in [1.29, 1.82) is 0 Å². The van der Waals surface area contributed by atoms with Gasteiger partial charge < -0.3 is 15.0 Å². The van der Waals surface area contributed by atoms with E-state index in [9.17, 15) is 4.79 Å². The zero-order valence-corrected chi connectivity index (χ0v) is 11.1. The van der Waals surface area contributed by atoms with Crippen LogP contribution in [-0.4, -0.2) is 56.3 Å². The summed E-state index contributed by atoms with van der Waals surface area (Å²) in [6.45, 7) is 3.41. The Labute approximate surface area is 111 Å². The van der Waals surface area contributed by atoms with Gasteiger partial charge in [0.1, 0.15) is 5.82 Å². The summed E-state index contributed by atoms with van der Waals surface area (Å²) < 4.78 is 4.69. The van der Waals surface area contributed by atoms with Crippen molar-refractivity contribution in [3.8, 4) is 0 Å². The van der Waals surface area contributed by atoms with Crippen molar-refractivity contribution < 1.29 is 9.53 Å². The number of aromatic nitrogens is 2. The molecule has 0 spiro atoms. The van der Waals surface area contributed by atoms with Gasteiger partial charge in [0.05, 0.1) is 7.11 Å². The summed E-state index contributed by atoms with van der Waals surface area (Å²) >= 11 is 0. The van der Waals surface area contributed by atoms with Crippen molar-refractivity contribution in [3.63, 3.8) is 0 Å². The Kier molecular flexibility index (Phi) is 4.13. The Hall–Kier alpha value is -1.93. The van der Waals surface area contributed by atoms with Gasteiger partial charge in [0.2, 0.25) is 5.95 Å². The van der Waals surface area contributed by atoms with E-state index in [0.717, 1.165) is 26.2 Å². The van der Waals surface area contributed by atoms with E-state index in [4.69, 9.17) is 10.6 Å². The molecule has 19 heavy (non-hydrogen) atoms. The molecule has 8 nitrogen and oxygen atoms in total. The minimum atomic E-state index is -0.498. The lowest BCUT2D eigenvalue weighted by molar-refractivity contribution is 0.0594. The highest BCUT2D eigenvalue weighted by Crippen LogP contribution is 2.17. The maximum absolute atomic E-state index is 11.6. The number of hydrogen-bond acceptors (Lipinski definition) is 8. The van der Waals surface area contributed by atoms with Crippen LogP contribution in [0.25, 0.3) is 0 Å². The van der Waals surface area contributed by atoms with E-state index in [1.807, 2.05) is 0 Å². The van der Waals surface area contributed by atoms with E-state index in [1.165, 1.54) is 12.1 Å². The largest absolute Gasteiger partial charge is 0.464 e. The number of anilines is 2. The first-order valence-electron chi connectivity index (χ1n) is 6.03. The van der Waals surface area contributed by atoms with Crippen LogP contribution in [-0.2, 0) is 4.74 Å². The van der Waals surface area contributed by atoms with Crippen LogP contribution in [0.1, 0.15) is 10.5 Å². The molecule has 1 aliphatic rings. The van der Waals surface area contributed by atoms with Gasteiger partial charge in [0, 0.05) is 39.3 Å². The number of methoxy groups -OCH3 is 1. The van der Waals surface area contributed by atoms with Crippen LogP contribution in [0.5, 0.6) is 0 Å². The minimum Gasteiger partial charge on any atom is -0.464 e. The summed E-state index contributed by atoms with van der Waals surface area (Å²) in [4.78, 5) is 22.1. The third-order valence-electron chi connectivity index (χ3n) is 2.85. The van der Waals surface area contributed by atoms with Crippen molar-refractivity contribution >= 4 is 17.7 Å². The van der Waals surface area contributed by atoms with Gasteiger partial charge in [-0.15, -0.1) is 0 Å². The second kappa shape index (κ2) is 5.81. The van der Waals surface area contributed by atoms with Crippen LogP contribution in [0, 0.1) is 0 Å². The molecule has 0 radical (unpaired) electrons. The van der Waals surface area contributed by atoms with Gasteiger partial charge in [-0.2, -0.15) is 4.98 Å². The molecule has 0 amide bonds. The molecule has 0 saturated carbocycles. The minimum absolute atomic E-state index is 0.207. The summed E-state index contributed by atoms with van der Waals surface area (Å²) in [7, 11) is 2.94. The maximum atomic E-state index is 11.6. The summed E-state index contributed by atoms with van der Waals surface area (Å²) in [5, 5.41) is 4.53. The van der Waals surface area contributed by atoms with E-state index in [0.29, 0.717) is 5.82 Å². The van der Waals surface area contributed by atoms with E-state index >= 15 is 0 Å². The number of nitrogens with zero attached hydrogens (tertiary/aromatic N) is 4. The fourth-order valence-corrected chi connectivity index (χ4v) is 1.84. The van der Waals surface area contributed by atoms with Crippen molar-refractivity contribution in [2.45, 2.75) is 0 Å². The second-order valence-corrected chi connectivity index (χ2v) is 4.25. The SMILES string of the molecule is COC(=O)c1cc(N2CCNCC2)nc(N(C)N)n1. The van der Waals surface area contributed by atoms with Crippen LogP contribution in [0.2, 0.25) is 0 Å². The van der Waals surface area contributed by atoms with Crippen molar-refractivity contribution in [1.82, 2.24) is 15.3 Å². The number of ether oxygens (including phenoxy) is 1. The quantitative estimate of drug-likeness (QED) is 0.408. The average molecular weight is 266 g/mol. The van der Waals surface area contributed by atoms with E-state index < -0.39 is 5.97 Å². The predicted octanol–water partition coefficient (Wildman–Crippen LogP) is -1.02. The molecular formula is C11H18N6O2. The highest BCUT2D eigenvalue weighted by atomic mass is 16.5. The molecule has 2 heterocycles. The number of nitrogens with two attached hydrogens (primary N) is 1. The van der Waals surface area contributed by atoms with Crippen LogP contribution < -0.4 is 21.1 Å². The van der Waals surface area contributed by atoms with Gasteiger partial charge in [0.15, 0.2) is 5.69 Å². The Morgan fingerprint density at radius 2 is 2.16 bits per heavy atom. The number of esters is 1. The molecule has 0 unspecified atom stereocenters. The van der Waals surface area contributed by atoms with Crippen molar-refractivity contribution in [2.24, 2.45) is 5.84 Å². The monoisotopic (exact) mass is 266 g/mol. The fraction of sp³-hybridized carbons (Fsp3) is 0.545. The molecule has 1 aliphatic heterocycles. The molecule has 1 aromatic rings. The third-order valence-corrected chi connectivity index (χ3v) is 2.85. The lowest BCUT2D eigenvalue weighted by atomic mass is 10.3. The number of nitrogens with one attached hydrogen (secondary N) is 1. The first-order valence-corrected chi connectivity index (χ1v) is 6.03. The lowest BCUT2D eigenvalue weighted by Crippen LogP contribution is -2.44. The van der Waals surface area contributed by atoms with Gasteiger partial charge in [-0.1, -0.05) is 0 Å². The summed E-state index contributed by atoms with van der Waals surface area (Å²) in [5.41, 5.74) is 0.207. The molecule has 1 saturated heterocycles. The van der Waals surface area contributed by atoms with Crippen LogP contribution in [0.3, 0.4) is 0 Å². The number of hydrazine groups is 1. The molecule has 104 valence electrons. The van der Waals surface area contributed by atoms with Gasteiger partial charge in [-0.25, -0.2) is 15.6 Å². The first-order chi connectivity index (χ1) is 9.11. The van der Waals surface area contributed by atoms with Gasteiger partial charge in [-0.3, -0.25) is 5.01 Å². The fourth-order valence-electron chi connectivity index (χ4n) is 1.84. The Balaban J connectivity index is 2.35. The molecule has 8 heteroatoms. The molecule has 0 aromatic carbocycles.